The first-order valence-electron chi connectivity index (χ1n) is 7.83. The van der Waals surface area contributed by atoms with E-state index in [4.69, 9.17) is 4.74 Å². The lowest BCUT2D eigenvalue weighted by molar-refractivity contribution is -0.123. The van der Waals surface area contributed by atoms with Crippen LogP contribution >= 0.6 is 0 Å². The highest BCUT2D eigenvalue weighted by molar-refractivity contribution is 5.77. The van der Waals surface area contributed by atoms with Crippen LogP contribution in [-0.2, 0) is 4.79 Å². The van der Waals surface area contributed by atoms with Gasteiger partial charge < -0.3 is 10.1 Å². The Morgan fingerprint density at radius 1 is 1.22 bits per heavy atom. The number of hydrogen-bond donors (Lipinski definition) is 1. The number of carbonyl (C=O) groups excluding carboxylic acids is 1. The van der Waals surface area contributed by atoms with Crippen LogP contribution < -0.4 is 10.1 Å². The molecule has 1 amide bonds. The average Bonchev–Trinajstić information content (AvgIpc) is 2.53. The molecule has 0 saturated carbocycles. The molecule has 0 saturated heterocycles. The summed E-state index contributed by atoms with van der Waals surface area (Å²) in [5.74, 6) is 0.863. The van der Waals surface area contributed by atoms with Gasteiger partial charge in [-0.15, -0.1) is 0 Å². The van der Waals surface area contributed by atoms with Crippen LogP contribution in [0.5, 0.6) is 5.88 Å². The molecule has 1 aromatic heterocycles. The van der Waals surface area contributed by atoms with Crippen molar-refractivity contribution < 1.29 is 9.53 Å². The fourth-order valence-corrected chi connectivity index (χ4v) is 2.00. The van der Waals surface area contributed by atoms with Crippen molar-refractivity contribution in [2.24, 2.45) is 0 Å². The minimum absolute atomic E-state index is 0.0475. The molecule has 122 valence electrons. The van der Waals surface area contributed by atoms with E-state index < -0.39 is 0 Å². The van der Waals surface area contributed by atoms with Gasteiger partial charge in [0.25, 0.3) is 5.91 Å². The van der Waals surface area contributed by atoms with E-state index in [0.29, 0.717) is 11.7 Å². The highest BCUT2D eigenvalue weighted by Crippen LogP contribution is 2.19. The number of aromatic nitrogens is 2. The normalized spacial score (nSPS) is 11.8. The van der Waals surface area contributed by atoms with Gasteiger partial charge in [0.1, 0.15) is 0 Å². The Morgan fingerprint density at radius 3 is 2.57 bits per heavy atom. The summed E-state index contributed by atoms with van der Waals surface area (Å²) in [6.07, 6.45) is 0.885. The lowest BCUT2D eigenvalue weighted by Crippen LogP contribution is -2.35. The molecule has 2 aromatic rings. The zero-order chi connectivity index (χ0) is 16.8. The third kappa shape index (κ3) is 5.06. The first-order chi connectivity index (χ1) is 11.0. The van der Waals surface area contributed by atoms with Crippen molar-refractivity contribution >= 4 is 5.91 Å². The molecule has 0 radical (unpaired) electrons. The molecule has 1 heterocycles. The standard InChI is InChI=1S/C18H23N3O2/c1-5-13(3)19-16(22)11-23-17-10-14(4)20-18(21-17)15-8-6-12(2)7-9-15/h6-10,13H,5,11H2,1-4H3,(H,19,22)/t13-/m0/s1. The summed E-state index contributed by atoms with van der Waals surface area (Å²) in [6, 6.07) is 9.85. The van der Waals surface area contributed by atoms with Crippen molar-refractivity contribution in [2.45, 2.75) is 40.2 Å². The second kappa shape index (κ2) is 7.72. The predicted octanol–water partition coefficient (Wildman–Crippen LogP) is 3.05. The summed E-state index contributed by atoms with van der Waals surface area (Å²) >= 11 is 0. The highest BCUT2D eigenvalue weighted by Gasteiger charge is 2.09. The molecular weight excluding hydrogens is 290 g/mol. The molecule has 0 fully saturated rings. The second-order valence-electron chi connectivity index (χ2n) is 5.70. The summed E-state index contributed by atoms with van der Waals surface area (Å²) in [5, 5.41) is 2.86. The van der Waals surface area contributed by atoms with Crippen molar-refractivity contribution in [3.05, 3.63) is 41.6 Å². The van der Waals surface area contributed by atoms with Gasteiger partial charge in [0.05, 0.1) is 0 Å². The Bertz CT molecular complexity index is 668. The summed E-state index contributed by atoms with van der Waals surface area (Å²) in [6.45, 7) is 7.85. The molecular formula is C18H23N3O2. The molecule has 0 aliphatic rings. The lowest BCUT2D eigenvalue weighted by Gasteiger charge is -2.12. The SMILES string of the molecule is CC[C@H](C)NC(=O)COc1cc(C)nc(-c2ccc(C)cc2)n1. The maximum Gasteiger partial charge on any atom is 0.258 e. The zero-order valence-corrected chi connectivity index (χ0v) is 14.1. The van der Waals surface area contributed by atoms with E-state index in [1.165, 1.54) is 5.56 Å². The maximum absolute atomic E-state index is 11.8. The number of amides is 1. The van der Waals surface area contributed by atoms with Crippen LogP contribution in [0.1, 0.15) is 31.5 Å². The Hall–Kier alpha value is -2.43. The third-order valence-electron chi connectivity index (χ3n) is 3.51. The average molecular weight is 313 g/mol. The van der Waals surface area contributed by atoms with Crippen molar-refractivity contribution in [1.82, 2.24) is 15.3 Å². The van der Waals surface area contributed by atoms with Crippen LogP contribution in [0.3, 0.4) is 0 Å². The van der Waals surface area contributed by atoms with E-state index >= 15 is 0 Å². The molecule has 1 aromatic carbocycles. The van der Waals surface area contributed by atoms with Gasteiger partial charge in [0.15, 0.2) is 12.4 Å². The Balaban J connectivity index is 2.08. The predicted molar refractivity (Wildman–Crippen MR) is 90.3 cm³/mol. The molecule has 0 spiro atoms. The molecule has 2 rings (SSSR count). The number of aryl methyl sites for hydroxylation is 2. The Morgan fingerprint density at radius 2 is 1.91 bits per heavy atom. The number of rotatable bonds is 6. The quantitative estimate of drug-likeness (QED) is 0.890. The molecule has 0 aliphatic carbocycles. The monoisotopic (exact) mass is 313 g/mol. The van der Waals surface area contributed by atoms with E-state index in [0.717, 1.165) is 17.7 Å². The minimum atomic E-state index is -0.146. The number of carbonyl (C=O) groups is 1. The number of ether oxygens (including phenoxy) is 1. The van der Waals surface area contributed by atoms with Gasteiger partial charge in [-0.2, -0.15) is 4.98 Å². The van der Waals surface area contributed by atoms with Crippen molar-refractivity contribution in [3.63, 3.8) is 0 Å². The summed E-state index contributed by atoms with van der Waals surface area (Å²) in [4.78, 5) is 20.6. The van der Waals surface area contributed by atoms with Gasteiger partial charge in [-0.1, -0.05) is 36.8 Å². The second-order valence-corrected chi connectivity index (χ2v) is 5.70. The first kappa shape index (κ1) is 16.9. The number of nitrogens with zero attached hydrogens (tertiary/aromatic N) is 2. The zero-order valence-electron chi connectivity index (χ0n) is 14.1. The number of benzene rings is 1. The molecule has 1 atom stereocenters. The summed E-state index contributed by atoms with van der Waals surface area (Å²) in [7, 11) is 0. The van der Waals surface area contributed by atoms with Gasteiger partial charge in [-0.05, 0) is 27.2 Å². The van der Waals surface area contributed by atoms with Crippen LogP contribution in [0.4, 0.5) is 0 Å². The number of hydrogen-bond acceptors (Lipinski definition) is 4. The molecule has 5 heteroatoms. The van der Waals surface area contributed by atoms with Crippen LogP contribution in [0.2, 0.25) is 0 Å². The van der Waals surface area contributed by atoms with Crippen molar-refractivity contribution in [2.75, 3.05) is 6.61 Å². The van der Waals surface area contributed by atoms with Gasteiger partial charge in [-0.25, -0.2) is 4.98 Å². The van der Waals surface area contributed by atoms with Gasteiger partial charge in [0, 0.05) is 23.4 Å². The molecule has 1 N–H and O–H groups in total. The molecule has 23 heavy (non-hydrogen) atoms. The maximum atomic E-state index is 11.8. The molecule has 5 nitrogen and oxygen atoms in total. The topological polar surface area (TPSA) is 64.1 Å². The van der Waals surface area contributed by atoms with Gasteiger partial charge in [-0.3, -0.25) is 4.79 Å². The van der Waals surface area contributed by atoms with E-state index in [1.807, 2.05) is 52.0 Å². The van der Waals surface area contributed by atoms with Crippen LogP contribution in [0.15, 0.2) is 30.3 Å². The third-order valence-corrected chi connectivity index (χ3v) is 3.51. The highest BCUT2D eigenvalue weighted by atomic mass is 16.5. The smallest absolute Gasteiger partial charge is 0.258 e. The van der Waals surface area contributed by atoms with E-state index in [9.17, 15) is 4.79 Å². The minimum Gasteiger partial charge on any atom is -0.467 e. The first-order valence-corrected chi connectivity index (χ1v) is 7.83. The molecule has 0 aliphatic heterocycles. The van der Waals surface area contributed by atoms with Crippen LogP contribution in [-0.4, -0.2) is 28.5 Å². The fraction of sp³-hybridized carbons (Fsp3) is 0.389. The van der Waals surface area contributed by atoms with Crippen molar-refractivity contribution in [3.8, 4) is 17.3 Å². The van der Waals surface area contributed by atoms with E-state index in [1.54, 1.807) is 6.07 Å². The lowest BCUT2D eigenvalue weighted by atomic mass is 10.1. The van der Waals surface area contributed by atoms with Gasteiger partial charge >= 0.3 is 0 Å². The summed E-state index contributed by atoms with van der Waals surface area (Å²) in [5.41, 5.74) is 2.90. The summed E-state index contributed by atoms with van der Waals surface area (Å²) < 4.78 is 5.52. The van der Waals surface area contributed by atoms with Crippen LogP contribution in [0.25, 0.3) is 11.4 Å². The van der Waals surface area contributed by atoms with Gasteiger partial charge in [0.2, 0.25) is 5.88 Å². The van der Waals surface area contributed by atoms with Crippen LogP contribution in [0, 0.1) is 13.8 Å². The Labute approximate surface area is 137 Å². The van der Waals surface area contributed by atoms with E-state index in [2.05, 4.69) is 15.3 Å². The van der Waals surface area contributed by atoms with Crippen molar-refractivity contribution in [1.29, 1.82) is 0 Å². The van der Waals surface area contributed by atoms with E-state index in [-0.39, 0.29) is 18.6 Å². The molecule has 0 bridgehead atoms. The fourth-order valence-electron chi connectivity index (χ4n) is 2.00. The Kier molecular flexibility index (Phi) is 5.68. The molecule has 0 unspecified atom stereocenters. The largest absolute Gasteiger partial charge is 0.467 e. The number of nitrogens with one attached hydrogen (secondary N) is 1.